The second kappa shape index (κ2) is 4.91. The van der Waals surface area contributed by atoms with Crippen LogP contribution in [0.2, 0.25) is 5.02 Å². The second-order valence-electron chi connectivity index (χ2n) is 3.22. The van der Waals surface area contributed by atoms with Gasteiger partial charge >= 0.3 is 12.3 Å². The highest BCUT2D eigenvalue weighted by Gasteiger charge is 2.40. The molecular weight excluding hydrogens is 266 g/mol. The average molecular weight is 274 g/mol. The number of nitrogens with one attached hydrogen (secondary N) is 1. The first-order valence-corrected chi connectivity index (χ1v) is 4.75. The zero-order valence-corrected chi connectivity index (χ0v) is 9.31. The van der Waals surface area contributed by atoms with Crippen molar-refractivity contribution in [1.29, 1.82) is 0 Å². The Morgan fingerprint density at radius 2 is 2.18 bits per heavy atom. The van der Waals surface area contributed by atoms with Crippen LogP contribution in [0.25, 0.3) is 0 Å². The average Bonchev–Trinajstić information content (AvgIpc) is 2.25. The Bertz CT molecular complexity index is 463. The minimum absolute atomic E-state index is 0.213. The van der Waals surface area contributed by atoms with Crippen LogP contribution in [-0.2, 0) is 7.05 Å². The topological polar surface area (TPSA) is 46.9 Å². The molecule has 1 heterocycles. The molecule has 0 aliphatic rings. The summed E-state index contributed by atoms with van der Waals surface area (Å²) in [5, 5.41) is 5.09. The molecule has 0 aliphatic carbocycles. The van der Waals surface area contributed by atoms with Gasteiger partial charge in [-0.05, 0) is 0 Å². The van der Waals surface area contributed by atoms with Crippen molar-refractivity contribution in [2.24, 2.45) is 7.05 Å². The van der Waals surface area contributed by atoms with Crippen LogP contribution in [0.5, 0.6) is 0 Å². The molecule has 0 spiro atoms. The van der Waals surface area contributed by atoms with E-state index in [9.17, 15) is 22.4 Å². The fourth-order valence-electron chi connectivity index (χ4n) is 0.924. The maximum atomic E-state index is 12.6. The van der Waals surface area contributed by atoms with E-state index in [1.54, 1.807) is 0 Å². The van der Waals surface area contributed by atoms with Crippen LogP contribution in [0.4, 0.5) is 23.2 Å². The summed E-state index contributed by atoms with van der Waals surface area (Å²) in [5.41, 5.74) is -0.924. The molecule has 9 heteroatoms. The highest BCUT2D eigenvalue weighted by atomic mass is 35.5. The van der Waals surface area contributed by atoms with E-state index in [4.69, 9.17) is 11.6 Å². The van der Waals surface area contributed by atoms with Gasteiger partial charge in [-0.3, -0.25) is 4.79 Å². The quantitative estimate of drug-likeness (QED) is 0.850. The standard InChI is InChI=1S/C8H8ClF4N3O/c1-16-6(17)5(9)4(2-15-16)14-3-8(12,13)7(10)11/h2,7,14H,3H2,1H3. The van der Waals surface area contributed by atoms with Crippen molar-refractivity contribution in [3.8, 4) is 0 Å². The smallest absolute Gasteiger partial charge is 0.324 e. The molecule has 0 aliphatic heterocycles. The molecule has 4 nitrogen and oxygen atoms in total. The number of alkyl halides is 4. The summed E-state index contributed by atoms with van der Waals surface area (Å²) in [5.74, 6) is -4.20. The van der Waals surface area contributed by atoms with Gasteiger partial charge in [0.1, 0.15) is 5.02 Å². The van der Waals surface area contributed by atoms with Gasteiger partial charge in [0, 0.05) is 7.05 Å². The van der Waals surface area contributed by atoms with Gasteiger partial charge in [0.15, 0.2) is 0 Å². The third-order valence-corrected chi connectivity index (χ3v) is 2.28. The van der Waals surface area contributed by atoms with Crippen molar-refractivity contribution in [3.05, 3.63) is 21.6 Å². The number of nitrogens with zero attached hydrogens (tertiary/aromatic N) is 2. The number of anilines is 1. The van der Waals surface area contributed by atoms with Crippen molar-refractivity contribution in [2.75, 3.05) is 11.9 Å². The van der Waals surface area contributed by atoms with E-state index in [0.717, 1.165) is 10.9 Å². The SMILES string of the molecule is Cn1ncc(NCC(F)(F)C(F)F)c(Cl)c1=O. The minimum atomic E-state index is -4.20. The predicted molar refractivity (Wildman–Crippen MR) is 53.9 cm³/mol. The fraction of sp³-hybridized carbons (Fsp3) is 0.500. The number of aryl methyl sites for hydroxylation is 1. The Labute approximate surface area is 98.2 Å². The van der Waals surface area contributed by atoms with E-state index in [1.807, 2.05) is 5.32 Å². The zero-order chi connectivity index (χ0) is 13.2. The molecule has 1 N–H and O–H groups in total. The molecule has 96 valence electrons. The van der Waals surface area contributed by atoms with Crippen molar-refractivity contribution in [1.82, 2.24) is 9.78 Å². The lowest BCUT2D eigenvalue weighted by molar-refractivity contribution is -0.117. The number of aromatic nitrogens is 2. The molecule has 0 saturated carbocycles. The molecule has 0 aromatic carbocycles. The van der Waals surface area contributed by atoms with Crippen LogP contribution in [0, 0.1) is 0 Å². The van der Waals surface area contributed by atoms with Gasteiger partial charge in [0.25, 0.3) is 5.56 Å². The Kier molecular flexibility index (Phi) is 3.97. The zero-order valence-electron chi connectivity index (χ0n) is 8.55. The Morgan fingerprint density at radius 1 is 1.59 bits per heavy atom. The van der Waals surface area contributed by atoms with E-state index in [1.165, 1.54) is 7.05 Å². The second-order valence-corrected chi connectivity index (χ2v) is 3.59. The fourth-order valence-corrected chi connectivity index (χ4v) is 1.16. The van der Waals surface area contributed by atoms with Gasteiger partial charge in [-0.25, -0.2) is 13.5 Å². The van der Waals surface area contributed by atoms with Crippen LogP contribution in [-0.4, -0.2) is 28.7 Å². The summed E-state index contributed by atoms with van der Waals surface area (Å²) in [7, 11) is 1.31. The van der Waals surface area contributed by atoms with Gasteiger partial charge in [-0.2, -0.15) is 13.9 Å². The van der Waals surface area contributed by atoms with Gasteiger partial charge < -0.3 is 5.32 Å². The van der Waals surface area contributed by atoms with E-state index in [2.05, 4.69) is 5.10 Å². The monoisotopic (exact) mass is 273 g/mol. The van der Waals surface area contributed by atoms with Gasteiger partial charge in [-0.1, -0.05) is 11.6 Å². The number of hydrogen-bond donors (Lipinski definition) is 1. The van der Waals surface area contributed by atoms with Gasteiger partial charge in [-0.15, -0.1) is 0 Å². The molecule has 0 radical (unpaired) electrons. The Hall–Kier alpha value is -1.31. The first-order chi connectivity index (χ1) is 7.75. The Balaban J connectivity index is 2.85. The molecule has 0 bridgehead atoms. The van der Waals surface area contributed by atoms with E-state index in [-0.39, 0.29) is 10.7 Å². The first kappa shape index (κ1) is 13.8. The number of rotatable bonds is 4. The molecule has 0 saturated heterocycles. The highest BCUT2D eigenvalue weighted by Crippen LogP contribution is 2.24. The minimum Gasteiger partial charge on any atom is -0.376 e. The van der Waals surface area contributed by atoms with Crippen LogP contribution in [0.1, 0.15) is 0 Å². The van der Waals surface area contributed by atoms with Gasteiger partial charge in [0.05, 0.1) is 18.4 Å². The van der Waals surface area contributed by atoms with Crippen LogP contribution in [0.3, 0.4) is 0 Å². The summed E-state index contributed by atoms with van der Waals surface area (Å²) in [6.45, 7) is -1.33. The molecular formula is C8H8ClF4N3O. The maximum Gasteiger partial charge on any atom is 0.324 e. The molecule has 0 atom stereocenters. The van der Waals surface area contributed by atoms with Crippen LogP contribution < -0.4 is 10.9 Å². The van der Waals surface area contributed by atoms with Crippen LogP contribution in [0.15, 0.2) is 11.0 Å². The summed E-state index contributed by atoms with van der Waals surface area (Å²) in [4.78, 5) is 11.2. The van der Waals surface area contributed by atoms with Crippen molar-refractivity contribution in [3.63, 3.8) is 0 Å². The van der Waals surface area contributed by atoms with E-state index >= 15 is 0 Å². The number of halogens is 5. The van der Waals surface area contributed by atoms with Crippen molar-refractivity contribution in [2.45, 2.75) is 12.3 Å². The largest absolute Gasteiger partial charge is 0.376 e. The summed E-state index contributed by atoms with van der Waals surface area (Å²) in [6, 6.07) is 0. The van der Waals surface area contributed by atoms with E-state index in [0.29, 0.717) is 0 Å². The lowest BCUT2D eigenvalue weighted by Crippen LogP contribution is -2.35. The van der Waals surface area contributed by atoms with Crippen molar-refractivity contribution >= 4 is 17.3 Å². The van der Waals surface area contributed by atoms with E-state index < -0.39 is 24.5 Å². The molecule has 17 heavy (non-hydrogen) atoms. The molecule has 0 fully saturated rings. The summed E-state index contributed by atoms with van der Waals surface area (Å²) in [6.07, 6.45) is -2.79. The third-order valence-electron chi connectivity index (χ3n) is 1.91. The Morgan fingerprint density at radius 3 is 2.71 bits per heavy atom. The molecule has 1 rings (SSSR count). The normalized spacial score (nSPS) is 11.9. The lowest BCUT2D eigenvalue weighted by Gasteiger charge is -2.16. The summed E-state index contributed by atoms with van der Waals surface area (Å²) < 4.78 is 49.8. The van der Waals surface area contributed by atoms with Crippen molar-refractivity contribution < 1.29 is 17.6 Å². The van der Waals surface area contributed by atoms with Crippen LogP contribution >= 0.6 is 11.6 Å². The predicted octanol–water partition coefficient (Wildman–Crippen LogP) is 1.75. The molecule has 0 unspecified atom stereocenters. The van der Waals surface area contributed by atoms with Gasteiger partial charge in [0.2, 0.25) is 0 Å². The molecule has 1 aromatic heterocycles. The molecule has 1 aromatic rings. The first-order valence-electron chi connectivity index (χ1n) is 4.37. The highest BCUT2D eigenvalue weighted by molar-refractivity contribution is 6.32. The summed E-state index contributed by atoms with van der Waals surface area (Å²) >= 11 is 5.54. The third kappa shape index (κ3) is 3.09. The lowest BCUT2D eigenvalue weighted by atomic mass is 10.3. The number of hydrogen-bond acceptors (Lipinski definition) is 3. The molecule has 0 amide bonds. The maximum absolute atomic E-state index is 12.6.